The molecule has 0 aromatic heterocycles. The number of hydrogen-bond acceptors (Lipinski definition) is 11. The molecule has 7 amide bonds. The number of hydrogen-bond donors (Lipinski definition) is 4. The Morgan fingerprint density at radius 3 is 2.08 bits per heavy atom. The van der Waals surface area contributed by atoms with Crippen molar-refractivity contribution in [2.75, 3.05) is 41.4 Å². The van der Waals surface area contributed by atoms with Gasteiger partial charge in [-0.25, -0.2) is 0 Å². The minimum atomic E-state index is -0.950. The van der Waals surface area contributed by atoms with Crippen LogP contribution >= 0.6 is 12.6 Å². The van der Waals surface area contributed by atoms with Crippen molar-refractivity contribution in [1.29, 1.82) is 0 Å². The average molecular weight is 945 g/mol. The standard InChI is InChI=1S/C49H80N6O10S/c1-13-31(6)43(36(64-11)27-39(57)54-26-20-23-35(54)45(65-12)32(7)46(60)50-33(8)44(59)34-21-16-14-17-22-34)53(10)49(63)41(29(2)3)51-47(61)42(30(4)5)52(9)38(56)24-18-15-19-25-55-40(58)28-37(66)48(55)62/h14,16-17,21-22,29-33,35-37,41-45,59,66H,13,15,18-20,23-28H2,1-12H3,(H,50,60)(H,51,61)/t31-,32+,33+,35-,36+,37?,41-,42-,43-,44+,45+/m0/s1. The molecule has 66 heavy (non-hydrogen) atoms. The van der Waals surface area contributed by atoms with Crippen LogP contribution in [0, 0.1) is 23.7 Å². The maximum absolute atomic E-state index is 14.6. The number of carbonyl (C=O) groups excluding carboxylic acids is 7. The second-order valence-corrected chi connectivity index (χ2v) is 19.7. The SMILES string of the molecule is CC[C@H](C)[C@@H]([C@@H](CC(=O)N1CCC[C@H]1[C@H](OC)[C@@H](C)C(=O)N[C@H](C)[C@@H](O)c1ccccc1)OC)N(C)C(=O)[C@@H](NC(=O)[C@H](C(C)C)N(C)C(=O)CCCCCN1C(=O)CC(S)C1=O)C(C)C. The summed E-state index contributed by atoms with van der Waals surface area (Å²) in [6.07, 6.45) is 1.68. The highest BCUT2D eigenvalue weighted by Gasteiger charge is 2.44. The summed E-state index contributed by atoms with van der Waals surface area (Å²) in [5.74, 6) is -3.41. The van der Waals surface area contributed by atoms with Crippen molar-refractivity contribution >= 4 is 54.0 Å². The molecule has 0 bridgehead atoms. The molecular formula is C49H80N6O10S. The molecule has 2 saturated heterocycles. The number of amides is 7. The highest BCUT2D eigenvalue weighted by molar-refractivity contribution is 7.81. The summed E-state index contributed by atoms with van der Waals surface area (Å²) in [6.45, 7) is 15.7. The monoisotopic (exact) mass is 945 g/mol. The lowest BCUT2D eigenvalue weighted by atomic mass is 9.89. The molecule has 0 spiro atoms. The van der Waals surface area contributed by atoms with Crippen LogP contribution in [0.4, 0.5) is 0 Å². The van der Waals surface area contributed by atoms with E-state index in [1.54, 1.807) is 49.9 Å². The first kappa shape index (κ1) is 56.3. The van der Waals surface area contributed by atoms with Crippen molar-refractivity contribution in [3.05, 3.63) is 35.9 Å². The van der Waals surface area contributed by atoms with Gasteiger partial charge >= 0.3 is 0 Å². The molecule has 2 heterocycles. The van der Waals surface area contributed by atoms with Crippen LogP contribution in [0.3, 0.4) is 0 Å². The Morgan fingerprint density at radius 1 is 0.879 bits per heavy atom. The van der Waals surface area contributed by atoms with Gasteiger partial charge in [-0.3, -0.25) is 38.5 Å². The molecule has 0 saturated carbocycles. The minimum Gasteiger partial charge on any atom is -0.386 e. The number of ether oxygens (including phenoxy) is 2. The molecular weight excluding hydrogens is 865 g/mol. The lowest BCUT2D eigenvalue weighted by Gasteiger charge is -2.41. The van der Waals surface area contributed by atoms with Crippen LogP contribution in [0.1, 0.15) is 125 Å². The number of methoxy groups -OCH3 is 2. The second kappa shape index (κ2) is 26.5. The van der Waals surface area contributed by atoms with E-state index in [0.717, 1.165) is 6.42 Å². The van der Waals surface area contributed by atoms with E-state index in [2.05, 4.69) is 23.3 Å². The molecule has 0 aliphatic carbocycles. The number of nitrogens with zero attached hydrogens (tertiary/aromatic N) is 4. The Balaban J connectivity index is 1.70. The number of nitrogens with one attached hydrogen (secondary N) is 2. The van der Waals surface area contributed by atoms with Crippen molar-refractivity contribution < 1.29 is 48.1 Å². The van der Waals surface area contributed by atoms with Gasteiger partial charge in [0.2, 0.25) is 41.4 Å². The zero-order valence-electron chi connectivity index (χ0n) is 41.5. The van der Waals surface area contributed by atoms with E-state index in [4.69, 9.17) is 9.47 Å². The number of aliphatic hydroxyl groups is 1. The number of carbonyl (C=O) groups is 7. The predicted octanol–water partition coefficient (Wildman–Crippen LogP) is 4.39. The zero-order valence-corrected chi connectivity index (χ0v) is 42.4. The maximum Gasteiger partial charge on any atom is 0.245 e. The number of imide groups is 1. The van der Waals surface area contributed by atoms with E-state index in [9.17, 15) is 38.7 Å². The Morgan fingerprint density at radius 2 is 1.53 bits per heavy atom. The van der Waals surface area contributed by atoms with Gasteiger partial charge in [0.25, 0.3) is 0 Å². The lowest BCUT2D eigenvalue weighted by molar-refractivity contribution is -0.148. The Bertz CT molecular complexity index is 1790. The first-order valence-corrected chi connectivity index (χ1v) is 24.4. The van der Waals surface area contributed by atoms with Crippen LogP contribution in [0.2, 0.25) is 0 Å². The number of likely N-dealkylation sites (N-methyl/N-ethyl adjacent to an activating group) is 2. The first-order chi connectivity index (χ1) is 31.1. The van der Waals surface area contributed by atoms with Gasteiger partial charge in [0, 0.05) is 54.2 Å². The molecule has 17 heteroatoms. The molecule has 2 fully saturated rings. The summed E-state index contributed by atoms with van der Waals surface area (Å²) in [5, 5.41) is 16.2. The van der Waals surface area contributed by atoms with E-state index in [0.29, 0.717) is 44.2 Å². The Kier molecular flexibility index (Phi) is 22.6. The van der Waals surface area contributed by atoms with Crippen molar-refractivity contribution in [2.45, 2.75) is 167 Å². The molecule has 1 unspecified atom stereocenters. The summed E-state index contributed by atoms with van der Waals surface area (Å²) in [5.41, 5.74) is 0.688. The van der Waals surface area contributed by atoms with Gasteiger partial charge in [0.15, 0.2) is 0 Å². The largest absolute Gasteiger partial charge is 0.386 e. The van der Waals surface area contributed by atoms with Crippen molar-refractivity contribution in [2.24, 2.45) is 23.7 Å². The molecule has 372 valence electrons. The van der Waals surface area contributed by atoms with Gasteiger partial charge in [0.1, 0.15) is 12.1 Å². The zero-order chi connectivity index (χ0) is 49.6. The smallest absolute Gasteiger partial charge is 0.245 e. The highest BCUT2D eigenvalue weighted by Crippen LogP contribution is 2.30. The third-order valence-electron chi connectivity index (χ3n) is 13.7. The van der Waals surface area contributed by atoms with Crippen LogP contribution in [0.25, 0.3) is 0 Å². The number of likely N-dealkylation sites (tertiary alicyclic amines) is 2. The summed E-state index contributed by atoms with van der Waals surface area (Å²) in [7, 11) is 6.32. The van der Waals surface area contributed by atoms with Gasteiger partial charge in [0.05, 0.1) is 54.0 Å². The van der Waals surface area contributed by atoms with Gasteiger partial charge in [-0.05, 0) is 55.9 Å². The molecule has 0 radical (unpaired) electrons. The highest BCUT2D eigenvalue weighted by atomic mass is 32.1. The quantitative estimate of drug-likeness (QED) is 0.0588. The normalized spacial score (nSPS) is 20.6. The summed E-state index contributed by atoms with van der Waals surface area (Å²) >= 11 is 4.17. The first-order valence-electron chi connectivity index (χ1n) is 23.9. The number of unbranched alkanes of at least 4 members (excludes halogenated alkanes) is 2. The third-order valence-corrected chi connectivity index (χ3v) is 14.1. The van der Waals surface area contributed by atoms with Crippen molar-refractivity contribution in [1.82, 2.24) is 30.2 Å². The average Bonchev–Trinajstić information content (AvgIpc) is 3.86. The topological polar surface area (TPSA) is 195 Å². The number of thiol groups is 1. The fraction of sp³-hybridized carbons (Fsp3) is 0.735. The van der Waals surface area contributed by atoms with E-state index in [-0.39, 0.29) is 79.0 Å². The Labute approximate surface area is 399 Å². The van der Waals surface area contributed by atoms with E-state index < -0.39 is 65.6 Å². The van der Waals surface area contributed by atoms with E-state index in [1.807, 2.05) is 59.7 Å². The number of rotatable bonds is 26. The maximum atomic E-state index is 14.6. The van der Waals surface area contributed by atoms with Gasteiger partial charge in [-0.15, -0.1) is 0 Å². The third kappa shape index (κ3) is 14.5. The summed E-state index contributed by atoms with van der Waals surface area (Å²) < 4.78 is 12.0. The van der Waals surface area contributed by atoms with E-state index in [1.165, 1.54) is 24.0 Å². The number of aliphatic hydroxyl groups excluding tert-OH is 1. The van der Waals surface area contributed by atoms with E-state index >= 15 is 0 Å². The molecule has 3 rings (SSSR count). The molecule has 3 N–H and O–H groups in total. The predicted molar refractivity (Wildman–Crippen MR) is 256 cm³/mol. The summed E-state index contributed by atoms with van der Waals surface area (Å²) in [4.78, 5) is 100. The molecule has 1 aromatic rings. The second-order valence-electron chi connectivity index (χ2n) is 19.1. The molecule has 2 aliphatic heterocycles. The van der Waals surface area contributed by atoms with Crippen LogP contribution in [0.5, 0.6) is 0 Å². The van der Waals surface area contributed by atoms with Crippen molar-refractivity contribution in [3.8, 4) is 0 Å². The van der Waals surface area contributed by atoms with Gasteiger partial charge in [-0.1, -0.05) is 91.6 Å². The molecule has 11 atom stereocenters. The van der Waals surface area contributed by atoms with Crippen LogP contribution in [-0.4, -0.2) is 155 Å². The van der Waals surface area contributed by atoms with Crippen LogP contribution < -0.4 is 10.6 Å². The summed E-state index contributed by atoms with van der Waals surface area (Å²) in [6, 6.07) is 5.79. The van der Waals surface area contributed by atoms with Gasteiger partial charge in [-0.2, -0.15) is 12.6 Å². The van der Waals surface area contributed by atoms with Gasteiger partial charge < -0.3 is 39.9 Å². The minimum absolute atomic E-state index is 0.0391. The molecule has 2 aliphatic rings. The Hall–Kier alpha value is -4.06. The number of benzene rings is 1. The molecule has 1 aromatic carbocycles. The molecule has 16 nitrogen and oxygen atoms in total. The van der Waals surface area contributed by atoms with Crippen LogP contribution in [0.15, 0.2) is 30.3 Å². The fourth-order valence-corrected chi connectivity index (χ4v) is 9.83. The van der Waals surface area contributed by atoms with Crippen LogP contribution in [-0.2, 0) is 43.0 Å². The lowest BCUT2D eigenvalue weighted by Crippen LogP contribution is -2.60. The fourth-order valence-electron chi connectivity index (χ4n) is 9.53. The van der Waals surface area contributed by atoms with Crippen molar-refractivity contribution in [3.63, 3.8) is 0 Å².